The van der Waals surface area contributed by atoms with Crippen LogP contribution in [0.3, 0.4) is 0 Å². The lowest BCUT2D eigenvalue weighted by molar-refractivity contribution is 0.365. The molecule has 3 aromatic rings. The van der Waals surface area contributed by atoms with Crippen molar-refractivity contribution in [2.24, 2.45) is 0 Å². The molecule has 2 bridgehead atoms. The molecular weight excluding hydrogens is 299 g/mol. The molecule has 24 heavy (non-hydrogen) atoms. The number of para-hydroxylation sites is 1. The molecule has 5 rings (SSSR count). The third-order valence-corrected chi connectivity index (χ3v) is 5.76. The number of benzene rings is 2. The summed E-state index contributed by atoms with van der Waals surface area (Å²) in [6.45, 7) is 0. The Hall–Kier alpha value is -2.13. The summed E-state index contributed by atoms with van der Waals surface area (Å²) in [5.74, 6) is 0.385. The summed E-state index contributed by atoms with van der Waals surface area (Å²) in [6.07, 6.45) is 5.00. The molecule has 0 radical (unpaired) electrons. The van der Waals surface area contributed by atoms with Gasteiger partial charge in [0.15, 0.2) is 0 Å². The van der Waals surface area contributed by atoms with E-state index in [4.69, 9.17) is 0 Å². The fourth-order valence-electron chi connectivity index (χ4n) is 4.72. The molecule has 2 nitrogen and oxygen atoms in total. The number of aromatic amines is 1. The summed E-state index contributed by atoms with van der Waals surface area (Å²) in [5.41, 5.74) is 4.85. The molecular formula is C21H21FN2. The maximum absolute atomic E-state index is 13.4. The van der Waals surface area contributed by atoms with E-state index in [1.807, 2.05) is 12.1 Å². The Labute approximate surface area is 141 Å². The maximum Gasteiger partial charge on any atom is 0.123 e. The minimum atomic E-state index is -0.184. The highest BCUT2D eigenvalue weighted by Crippen LogP contribution is 2.44. The first-order valence-electron chi connectivity index (χ1n) is 8.90. The molecule has 2 unspecified atom stereocenters. The molecule has 2 aromatic carbocycles. The lowest BCUT2D eigenvalue weighted by Crippen LogP contribution is -2.37. The smallest absolute Gasteiger partial charge is 0.123 e. The summed E-state index contributed by atoms with van der Waals surface area (Å²) in [6, 6.07) is 16.7. The van der Waals surface area contributed by atoms with Crippen molar-refractivity contribution in [3.05, 3.63) is 59.9 Å². The lowest BCUT2D eigenvalue weighted by Gasteiger charge is -2.30. The molecule has 2 fully saturated rings. The second kappa shape index (κ2) is 5.45. The van der Waals surface area contributed by atoms with E-state index in [1.54, 1.807) is 12.1 Å². The highest BCUT2D eigenvalue weighted by atomic mass is 19.1. The highest BCUT2D eigenvalue weighted by Gasteiger charge is 2.36. The molecule has 3 heterocycles. The number of fused-ring (bicyclic) bond motifs is 3. The van der Waals surface area contributed by atoms with Gasteiger partial charge in [0, 0.05) is 28.7 Å². The van der Waals surface area contributed by atoms with E-state index in [0.717, 1.165) is 5.56 Å². The van der Waals surface area contributed by atoms with Gasteiger partial charge in [0.05, 0.1) is 0 Å². The number of rotatable bonds is 2. The van der Waals surface area contributed by atoms with Crippen molar-refractivity contribution in [3.8, 4) is 11.3 Å². The van der Waals surface area contributed by atoms with Crippen LogP contribution in [0.25, 0.3) is 22.2 Å². The van der Waals surface area contributed by atoms with Gasteiger partial charge in [-0.15, -0.1) is 0 Å². The van der Waals surface area contributed by atoms with Gasteiger partial charge in [0.2, 0.25) is 0 Å². The predicted octanol–water partition coefficient (Wildman–Crippen LogP) is 4.97. The molecule has 3 heteroatoms. The molecule has 0 saturated carbocycles. The van der Waals surface area contributed by atoms with Crippen LogP contribution in [0.15, 0.2) is 48.5 Å². The first kappa shape index (κ1) is 14.2. The summed E-state index contributed by atoms with van der Waals surface area (Å²) >= 11 is 0. The average Bonchev–Trinajstić information content (AvgIpc) is 3.15. The van der Waals surface area contributed by atoms with E-state index < -0.39 is 0 Å². The average molecular weight is 320 g/mol. The molecule has 2 aliphatic heterocycles. The van der Waals surface area contributed by atoms with Crippen molar-refractivity contribution in [2.75, 3.05) is 0 Å². The van der Waals surface area contributed by atoms with Crippen LogP contribution in [0.5, 0.6) is 0 Å². The minimum Gasteiger partial charge on any atom is -0.354 e. The van der Waals surface area contributed by atoms with Crippen LogP contribution in [-0.2, 0) is 0 Å². The Morgan fingerprint density at radius 3 is 2.33 bits per heavy atom. The van der Waals surface area contributed by atoms with Gasteiger partial charge >= 0.3 is 0 Å². The second-order valence-corrected chi connectivity index (χ2v) is 7.27. The quantitative estimate of drug-likeness (QED) is 0.685. The van der Waals surface area contributed by atoms with E-state index in [0.29, 0.717) is 18.0 Å². The van der Waals surface area contributed by atoms with E-state index in [9.17, 15) is 4.39 Å². The van der Waals surface area contributed by atoms with Crippen LogP contribution in [0.4, 0.5) is 4.39 Å². The zero-order valence-electron chi connectivity index (χ0n) is 13.6. The summed E-state index contributed by atoms with van der Waals surface area (Å²) in [7, 11) is 0. The fraction of sp³-hybridized carbons (Fsp3) is 0.333. The standard InChI is InChI=1S/C21H21FN2/c22-15-7-5-13(6-8-15)21-20(18-3-1-2-4-19(18)24-21)14-11-16-9-10-17(12-14)23-16/h1-8,14,16-17,23-24H,9-12H2. The minimum absolute atomic E-state index is 0.184. The molecule has 1 aromatic heterocycles. The van der Waals surface area contributed by atoms with Gasteiger partial charge in [-0.1, -0.05) is 18.2 Å². The van der Waals surface area contributed by atoms with Crippen LogP contribution in [0, 0.1) is 5.82 Å². The molecule has 0 aliphatic carbocycles. The first-order chi connectivity index (χ1) is 11.8. The zero-order chi connectivity index (χ0) is 16.1. The Morgan fingerprint density at radius 2 is 1.58 bits per heavy atom. The predicted molar refractivity (Wildman–Crippen MR) is 95.6 cm³/mol. The first-order valence-corrected chi connectivity index (χ1v) is 8.90. The van der Waals surface area contributed by atoms with Crippen molar-refractivity contribution in [2.45, 2.75) is 43.7 Å². The molecule has 2 N–H and O–H groups in total. The van der Waals surface area contributed by atoms with Crippen LogP contribution >= 0.6 is 0 Å². The Balaban J connectivity index is 1.67. The third-order valence-electron chi connectivity index (χ3n) is 5.76. The van der Waals surface area contributed by atoms with Crippen molar-refractivity contribution in [1.82, 2.24) is 10.3 Å². The Morgan fingerprint density at radius 1 is 0.875 bits per heavy atom. The topological polar surface area (TPSA) is 27.8 Å². The van der Waals surface area contributed by atoms with Crippen molar-refractivity contribution in [3.63, 3.8) is 0 Å². The number of hydrogen-bond acceptors (Lipinski definition) is 1. The van der Waals surface area contributed by atoms with Gasteiger partial charge < -0.3 is 10.3 Å². The van der Waals surface area contributed by atoms with Crippen molar-refractivity contribution >= 4 is 10.9 Å². The second-order valence-electron chi connectivity index (χ2n) is 7.27. The molecule has 2 saturated heterocycles. The number of H-pyrrole nitrogens is 1. The third kappa shape index (κ3) is 2.27. The van der Waals surface area contributed by atoms with Crippen LogP contribution < -0.4 is 5.32 Å². The Kier molecular flexibility index (Phi) is 3.23. The molecule has 2 atom stereocenters. The maximum atomic E-state index is 13.4. The fourth-order valence-corrected chi connectivity index (χ4v) is 4.72. The zero-order valence-corrected chi connectivity index (χ0v) is 13.6. The number of nitrogens with one attached hydrogen (secondary N) is 2. The van der Waals surface area contributed by atoms with Gasteiger partial charge in [-0.05, 0) is 73.1 Å². The summed E-state index contributed by atoms with van der Waals surface area (Å²) < 4.78 is 13.4. The number of piperidine rings is 1. The van der Waals surface area contributed by atoms with Crippen LogP contribution in [0.1, 0.15) is 37.2 Å². The summed E-state index contributed by atoms with van der Waals surface area (Å²) in [5, 5.41) is 5.06. The van der Waals surface area contributed by atoms with Gasteiger partial charge in [-0.2, -0.15) is 0 Å². The largest absolute Gasteiger partial charge is 0.354 e. The van der Waals surface area contributed by atoms with E-state index >= 15 is 0 Å². The Bertz CT molecular complexity index is 868. The number of aromatic nitrogens is 1. The van der Waals surface area contributed by atoms with E-state index in [-0.39, 0.29) is 5.82 Å². The lowest BCUT2D eigenvalue weighted by atomic mass is 9.83. The van der Waals surface area contributed by atoms with Crippen LogP contribution in [-0.4, -0.2) is 17.1 Å². The molecule has 2 aliphatic rings. The normalized spacial score (nSPS) is 26.1. The molecule has 122 valence electrons. The van der Waals surface area contributed by atoms with Gasteiger partial charge in [-0.3, -0.25) is 0 Å². The van der Waals surface area contributed by atoms with E-state index in [1.165, 1.54) is 47.8 Å². The SMILES string of the molecule is Fc1ccc(-c2[nH]c3ccccc3c2C2CC3CCC(C2)N3)cc1. The van der Waals surface area contributed by atoms with Gasteiger partial charge in [0.1, 0.15) is 5.82 Å². The van der Waals surface area contributed by atoms with Gasteiger partial charge in [0.25, 0.3) is 0 Å². The highest BCUT2D eigenvalue weighted by molar-refractivity contribution is 5.91. The number of halogens is 1. The monoisotopic (exact) mass is 320 g/mol. The van der Waals surface area contributed by atoms with Crippen molar-refractivity contribution in [1.29, 1.82) is 0 Å². The van der Waals surface area contributed by atoms with Crippen molar-refractivity contribution < 1.29 is 4.39 Å². The number of hydrogen-bond donors (Lipinski definition) is 2. The van der Waals surface area contributed by atoms with Gasteiger partial charge in [-0.25, -0.2) is 4.39 Å². The molecule has 0 spiro atoms. The van der Waals surface area contributed by atoms with E-state index in [2.05, 4.69) is 34.6 Å². The summed E-state index contributed by atoms with van der Waals surface area (Å²) in [4.78, 5) is 3.60. The van der Waals surface area contributed by atoms with Crippen LogP contribution in [0.2, 0.25) is 0 Å². The molecule has 0 amide bonds.